The summed E-state index contributed by atoms with van der Waals surface area (Å²) >= 11 is 0. The Labute approximate surface area is 169 Å². The second kappa shape index (κ2) is 8.89. The molecule has 2 N–H and O–H groups in total. The molecule has 2 amide bonds. The molecular weight excluding hydrogens is 362 g/mol. The molecule has 0 saturated carbocycles. The first-order valence-corrected chi connectivity index (χ1v) is 9.43. The van der Waals surface area contributed by atoms with E-state index in [-0.39, 0.29) is 12.1 Å². The maximum absolute atomic E-state index is 12.7. The molecule has 5 nitrogen and oxygen atoms in total. The Morgan fingerprint density at radius 3 is 2.17 bits per heavy atom. The van der Waals surface area contributed by atoms with Crippen LogP contribution in [0.5, 0.6) is 0 Å². The standard InChI is InChI=1S/C24H21N3O2/c28-24(26-17-20-13-7-15-25-23(20)21-14-8-16-29-21)27-22(18-9-3-1-4-10-18)19-11-5-2-6-12-19/h1-16,22H,17H2,(H2,26,27,28). The van der Waals surface area contributed by atoms with Crippen molar-refractivity contribution in [2.75, 3.05) is 0 Å². The summed E-state index contributed by atoms with van der Waals surface area (Å²) in [5.74, 6) is 0.675. The van der Waals surface area contributed by atoms with Crippen molar-refractivity contribution in [2.45, 2.75) is 12.6 Å². The summed E-state index contributed by atoms with van der Waals surface area (Å²) in [6.45, 7) is 0.339. The number of hydrogen-bond donors (Lipinski definition) is 2. The number of aromatic nitrogens is 1. The topological polar surface area (TPSA) is 67.2 Å². The van der Waals surface area contributed by atoms with Gasteiger partial charge in [-0.25, -0.2) is 4.79 Å². The van der Waals surface area contributed by atoms with Gasteiger partial charge < -0.3 is 15.1 Å². The molecule has 4 rings (SSSR count). The smallest absolute Gasteiger partial charge is 0.315 e. The van der Waals surface area contributed by atoms with Crippen molar-refractivity contribution < 1.29 is 9.21 Å². The Bertz CT molecular complexity index is 1010. The van der Waals surface area contributed by atoms with Gasteiger partial charge in [0.05, 0.1) is 12.3 Å². The Morgan fingerprint density at radius 2 is 1.55 bits per heavy atom. The average molecular weight is 383 g/mol. The minimum atomic E-state index is -0.253. The Kier molecular flexibility index (Phi) is 5.67. The fourth-order valence-corrected chi connectivity index (χ4v) is 3.22. The predicted octanol–water partition coefficient (Wildman–Crippen LogP) is 4.93. The van der Waals surface area contributed by atoms with Gasteiger partial charge in [0, 0.05) is 18.3 Å². The van der Waals surface area contributed by atoms with E-state index in [9.17, 15) is 4.79 Å². The number of hydrogen-bond acceptors (Lipinski definition) is 3. The Morgan fingerprint density at radius 1 is 0.862 bits per heavy atom. The molecule has 0 aliphatic carbocycles. The van der Waals surface area contributed by atoms with Gasteiger partial charge in [-0.15, -0.1) is 0 Å². The molecule has 0 fully saturated rings. The number of pyridine rings is 1. The van der Waals surface area contributed by atoms with Crippen LogP contribution in [0.25, 0.3) is 11.5 Å². The van der Waals surface area contributed by atoms with Crippen LogP contribution in [0.2, 0.25) is 0 Å². The molecule has 0 unspecified atom stereocenters. The van der Waals surface area contributed by atoms with Gasteiger partial charge in [0.25, 0.3) is 0 Å². The second-order valence-electron chi connectivity index (χ2n) is 6.57. The molecule has 2 heterocycles. The summed E-state index contributed by atoms with van der Waals surface area (Å²) in [5, 5.41) is 6.02. The molecule has 144 valence electrons. The third-order valence-electron chi connectivity index (χ3n) is 4.63. The lowest BCUT2D eigenvalue weighted by Crippen LogP contribution is -2.38. The third-order valence-corrected chi connectivity index (χ3v) is 4.63. The number of nitrogens with zero attached hydrogens (tertiary/aromatic N) is 1. The molecule has 0 saturated heterocycles. The highest BCUT2D eigenvalue weighted by Crippen LogP contribution is 2.23. The maximum Gasteiger partial charge on any atom is 0.315 e. The summed E-state index contributed by atoms with van der Waals surface area (Å²) in [4.78, 5) is 17.1. The largest absolute Gasteiger partial charge is 0.463 e. The maximum atomic E-state index is 12.7. The number of urea groups is 1. The molecule has 2 aromatic carbocycles. The first kappa shape index (κ1) is 18.5. The zero-order valence-electron chi connectivity index (χ0n) is 15.8. The van der Waals surface area contributed by atoms with Crippen LogP contribution >= 0.6 is 0 Å². The number of furan rings is 1. The molecule has 0 spiro atoms. The van der Waals surface area contributed by atoms with E-state index in [0.717, 1.165) is 22.4 Å². The fraction of sp³-hybridized carbons (Fsp3) is 0.0833. The van der Waals surface area contributed by atoms with Crippen LogP contribution < -0.4 is 10.6 Å². The minimum absolute atomic E-state index is 0.240. The van der Waals surface area contributed by atoms with Gasteiger partial charge in [0.15, 0.2) is 5.76 Å². The number of carbonyl (C=O) groups excluding carboxylic acids is 1. The van der Waals surface area contributed by atoms with Gasteiger partial charge in [0.1, 0.15) is 5.69 Å². The molecule has 0 aliphatic heterocycles. The number of benzene rings is 2. The van der Waals surface area contributed by atoms with E-state index in [2.05, 4.69) is 15.6 Å². The van der Waals surface area contributed by atoms with Crippen LogP contribution in [-0.4, -0.2) is 11.0 Å². The van der Waals surface area contributed by atoms with Crippen molar-refractivity contribution in [3.63, 3.8) is 0 Å². The van der Waals surface area contributed by atoms with E-state index in [1.807, 2.05) is 84.9 Å². The minimum Gasteiger partial charge on any atom is -0.463 e. The summed E-state index contributed by atoms with van der Waals surface area (Å²) in [5.41, 5.74) is 3.65. The normalized spacial score (nSPS) is 10.7. The van der Waals surface area contributed by atoms with Crippen LogP contribution in [0, 0.1) is 0 Å². The zero-order valence-corrected chi connectivity index (χ0v) is 15.8. The van der Waals surface area contributed by atoms with E-state index < -0.39 is 0 Å². The molecule has 0 atom stereocenters. The van der Waals surface area contributed by atoms with E-state index in [1.54, 1.807) is 12.5 Å². The van der Waals surface area contributed by atoms with Crippen molar-refractivity contribution in [1.82, 2.24) is 15.6 Å². The van der Waals surface area contributed by atoms with Crippen molar-refractivity contribution in [3.05, 3.63) is 114 Å². The number of carbonyl (C=O) groups is 1. The van der Waals surface area contributed by atoms with E-state index in [0.29, 0.717) is 12.3 Å². The van der Waals surface area contributed by atoms with Crippen LogP contribution in [0.3, 0.4) is 0 Å². The molecule has 0 bridgehead atoms. The van der Waals surface area contributed by atoms with Gasteiger partial charge in [-0.1, -0.05) is 66.7 Å². The summed E-state index contributed by atoms with van der Waals surface area (Å²) in [7, 11) is 0. The Hall–Kier alpha value is -3.86. The lowest BCUT2D eigenvalue weighted by atomic mass is 9.99. The van der Waals surface area contributed by atoms with Crippen molar-refractivity contribution >= 4 is 6.03 Å². The van der Waals surface area contributed by atoms with E-state index in [4.69, 9.17) is 4.42 Å². The quantitative estimate of drug-likeness (QED) is 0.496. The lowest BCUT2D eigenvalue weighted by Gasteiger charge is -2.20. The molecule has 29 heavy (non-hydrogen) atoms. The van der Waals surface area contributed by atoms with Crippen molar-refractivity contribution in [1.29, 1.82) is 0 Å². The molecule has 4 aromatic rings. The first-order chi connectivity index (χ1) is 14.3. The highest BCUT2D eigenvalue weighted by molar-refractivity contribution is 5.75. The van der Waals surface area contributed by atoms with Crippen LogP contribution in [0.4, 0.5) is 4.79 Å². The molecule has 0 aliphatic rings. The van der Waals surface area contributed by atoms with E-state index in [1.165, 1.54) is 0 Å². The molecule has 0 radical (unpaired) electrons. The van der Waals surface area contributed by atoms with Crippen LogP contribution in [0.15, 0.2) is 102 Å². The molecular formula is C24H21N3O2. The van der Waals surface area contributed by atoms with Gasteiger partial charge in [-0.3, -0.25) is 4.98 Å². The van der Waals surface area contributed by atoms with Gasteiger partial charge in [-0.05, 0) is 29.3 Å². The Balaban J connectivity index is 1.49. The number of amides is 2. The van der Waals surface area contributed by atoms with Crippen molar-refractivity contribution in [2.24, 2.45) is 0 Å². The highest BCUT2D eigenvalue weighted by atomic mass is 16.3. The average Bonchev–Trinajstić information content (AvgIpc) is 3.32. The number of rotatable bonds is 6. The predicted molar refractivity (Wildman–Crippen MR) is 112 cm³/mol. The van der Waals surface area contributed by atoms with Gasteiger partial charge in [-0.2, -0.15) is 0 Å². The van der Waals surface area contributed by atoms with Crippen LogP contribution in [0.1, 0.15) is 22.7 Å². The lowest BCUT2D eigenvalue weighted by molar-refractivity contribution is 0.238. The highest BCUT2D eigenvalue weighted by Gasteiger charge is 2.17. The molecule has 2 aromatic heterocycles. The van der Waals surface area contributed by atoms with Gasteiger partial charge >= 0.3 is 6.03 Å². The molecule has 5 heteroatoms. The second-order valence-corrected chi connectivity index (χ2v) is 6.57. The summed E-state index contributed by atoms with van der Waals surface area (Å²) in [6, 6.07) is 26.8. The van der Waals surface area contributed by atoms with Crippen molar-refractivity contribution in [3.8, 4) is 11.5 Å². The fourth-order valence-electron chi connectivity index (χ4n) is 3.22. The monoisotopic (exact) mass is 383 g/mol. The summed E-state index contributed by atoms with van der Waals surface area (Å²) in [6.07, 6.45) is 3.32. The SMILES string of the molecule is O=C(NCc1cccnc1-c1ccco1)NC(c1ccccc1)c1ccccc1. The first-order valence-electron chi connectivity index (χ1n) is 9.43. The van der Waals surface area contributed by atoms with Gasteiger partial charge in [0.2, 0.25) is 0 Å². The summed E-state index contributed by atoms with van der Waals surface area (Å²) < 4.78 is 5.46. The van der Waals surface area contributed by atoms with Crippen LogP contribution in [-0.2, 0) is 6.54 Å². The zero-order chi connectivity index (χ0) is 19.9. The van der Waals surface area contributed by atoms with E-state index >= 15 is 0 Å². The number of nitrogens with one attached hydrogen (secondary N) is 2. The third kappa shape index (κ3) is 4.52.